The fraction of sp³-hybridized carbons (Fsp3) is 0.235. The number of hydrogen-bond donors (Lipinski definition) is 2. The quantitative estimate of drug-likeness (QED) is 0.198. The first-order valence-corrected chi connectivity index (χ1v) is 16.4. The zero-order valence-electron chi connectivity index (χ0n) is 24.5. The molecule has 2 amide bonds. The Morgan fingerprint density at radius 2 is 0.881 bits per heavy atom. The minimum absolute atomic E-state index is 0.00175. The summed E-state index contributed by atoms with van der Waals surface area (Å²) in [4.78, 5) is 27.7. The number of nitrogens with one attached hydrogen (secondary N) is 2. The number of carbonyl (C=O) groups excluding carboxylic acids is 2. The lowest BCUT2D eigenvalue weighted by atomic mass is 9.86. The summed E-state index contributed by atoms with van der Waals surface area (Å²) in [5.41, 5.74) is 4.72. The highest BCUT2D eigenvalue weighted by Gasteiger charge is 2.18. The van der Waals surface area contributed by atoms with E-state index >= 15 is 0 Å². The van der Waals surface area contributed by atoms with Crippen LogP contribution in [0.5, 0.6) is 0 Å². The van der Waals surface area contributed by atoms with Gasteiger partial charge in [-0.1, -0.05) is 111 Å². The van der Waals surface area contributed by atoms with Crippen LogP contribution in [0.4, 0.5) is 11.4 Å². The van der Waals surface area contributed by atoms with Gasteiger partial charge in [-0.15, -0.1) is 0 Å². The van der Waals surface area contributed by atoms with Crippen molar-refractivity contribution in [2.24, 2.45) is 0 Å². The topological polar surface area (TPSA) is 58.2 Å². The Morgan fingerprint density at radius 1 is 0.548 bits per heavy atom. The Bertz CT molecular complexity index is 1470. The average Bonchev–Trinajstić information content (AvgIpc) is 2.93. The van der Waals surface area contributed by atoms with E-state index in [0.29, 0.717) is 32.5 Å². The predicted molar refractivity (Wildman–Crippen MR) is 181 cm³/mol. The van der Waals surface area contributed by atoms with E-state index in [1.807, 2.05) is 48.5 Å². The molecule has 0 saturated heterocycles. The molecule has 0 saturated carbocycles. The largest absolute Gasteiger partial charge is 0.321 e. The van der Waals surface area contributed by atoms with Crippen LogP contribution in [0.15, 0.2) is 94.7 Å². The van der Waals surface area contributed by atoms with Crippen LogP contribution < -0.4 is 10.6 Å². The van der Waals surface area contributed by atoms with Crippen LogP contribution >= 0.6 is 44.8 Å². The average molecular weight is 638 g/mol. The second-order valence-electron chi connectivity index (χ2n) is 12.0. The molecule has 4 aromatic carbocycles. The smallest absolute Gasteiger partial charge is 0.255 e. The van der Waals surface area contributed by atoms with E-state index in [-0.39, 0.29) is 22.6 Å². The van der Waals surface area contributed by atoms with Gasteiger partial charge in [0.05, 0.1) is 11.4 Å². The van der Waals surface area contributed by atoms with Crippen molar-refractivity contribution in [2.45, 2.75) is 62.2 Å². The summed E-state index contributed by atoms with van der Waals surface area (Å²) in [6.45, 7) is 12.8. The van der Waals surface area contributed by atoms with Gasteiger partial charge in [0.2, 0.25) is 0 Å². The molecule has 0 fully saturated rings. The molecule has 218 valence electrons. The molecule has 0 atom stereocenters. The van der Waals surface area contributed by atoms with Gasteiger partial charge in [-0.25, -0.2) is 0 Å². The Balaban J connectivity index is 1.50. The Labute approximate surface area is 266 Å². The molecule has 0 aliphatic carbocycles. The molecular formula is C34H34Cl2N2O2S2. The van der Waals surface area contributed by atoms with Crippen molar-refractivity contribution in [3.8, 4) is 0 Å². The molecule has 4 aromatic rings. The van der Waals surface area contributed by atoms with Gasteiger partial charge in [0.1, 0.15) is 0 Å². The van der Waals surface area contributed by atoms with E-state index in [2.05, 4.69) is 52.2 Å². The Morgan fingerprint density at radius 3 is 1.19 bits per heavy atom. The van der Waals surface area contributed by atoms with Gasteiger partial charge in [-0.3, -0.25) is 9.59 Å². The van der Waals surface area contributed by atoms with Crippen LogP contribution in [0.25, 0.3) is 0 Å². The first-order chi connectivity index (χ1) is 19.7. The van der Waals surface area contributed by atoms with Gasteiger partial charge in [0.25, 0.3) is 11.8 Å². The summed E-state index contributed by atoms with van der Waals surface area (Å²) in [7, 11) is 2.83. The van der Waals surface area contributed by atoms with Crippen molar-refractivity contribution in [3.63, 3.8) is 0 Å². The van der Waals surface area contributed by atoms with Crippen LogP contribution in [-0.4, -0.2) is 11.8 Å². The Kier molecular flexibility index (Phi) is 10.0. The van der Waals surface area contributed by atoms with Crippen LogP contribution in [0.1, 0.15) is 73.4 Å². The minimum atomic E-state index is -0.210. The normalized spacial score (nSPS) is 11.7. The monoisotopic (exact) mass is 636 g/mol. The lowest BCUT2D eigenvalue weighted by Gasteiger charge is -2.19. The molecule has 8 heteroatoms. The lowest BCUT2D eigenvalue weighted by Crippen LogP contribution is -2.14. The zero-order chi connectivity index (χ0) is 30.7. The first kappa shape index (κ1) is 32.0. The van der Waals surface area contributed by atoms with Gasteiger partial charge in [-0.05, 0) is 82.6 Å². The highest BCUT2D eigenvalue weighted by atomic mass is 35.5. The van der Waals surface area contributed by atoms with Gasteiger partial charge in [0.15, 0.2) is 0 Å². The van der Waals surface area contributed by atoms with E-state index in [0.717, 1.165) is 20.9 Å². The molecule has 42 heavy (non-hydrogen) atoms. The van der Waals surface area contributed by atoms with Crippen molar-refractivity contribution in [3.05, 3.63) is 117 Å². The molecule has 0 unspecified atom stereocenters. The molecule has 2 N–H and O–H groups in total. The van der Waals surface area contributed by atoms with E-state index in [9.17, 15) is 9.59 Å². The summed E-state index contributed by atoms with van der Waals surface area (Å²) in [6.07, 6.45) is 0. The van der Waals surface area contributed by atoms with E-state index in [4.69, 9.17) is 23.2 Å². The van der Waals surface area contributed by atoms with Gasteiger partial charge >= 0.3 is 0 Å². The maximum absolute atomic E-state index is 13.1. The van der Waals surface area contributed by atoms with E-state index < -0.39 is 0 Å². The van der Waals surface area contributed by atoms with Gasteiger partial charge in [-0.2, -0.15) is 0 Å². The first-order valence-electron chi connectivity index (χ1n) is 13.5. The van der Waals surface area contributed by atoms with E-state index in [1.165, 1.54) is 21.6 Å². The molecule has 0 aliphatic heterocycles. The molecule has 0 bridgehead atoms. The van der Waals surface area contributed by atoms with Crippen molar-refractivity contribution < 1.29 is 9.59 Å². The summed E-state index contributed by atoms with van der Waals surface area (Å²) in [6, 6.07) is 25.9. The molecule has 0 spiro atoms. The molecular weight excluding hydrogens is 603 g/mol. The van der Waals surface area contributed by atoms with Crippen LogP contribution in [0.3, 0.4) is 0 Å². The number of carbonyl (C=O) groups is 2. The second kappa shape index (κ2) is 13.2. The van der Waals surface area contributed by atoms with Gasteiger partial charge in [0, 0.05) is 31.0 Å². The zero-order valence-corrected chi connectivity index (χ0v) is 27.6. The second-order valence-corrected chi connectivity index (χ2v) is 15.1. The molecule has 4 rings (SSSR count). The van der Waals surface area contributed by atoms with Crippen LogP contribution in [-0.2, 0) is 10.8 Å². The fourth-order valence-corrected chi connectivity index (χ4v) is 6.85. The SMILES string of the molecule is CC(C)(C)c1ccc(C(=O)Nc2ccc(Cl)cc2SSc2cc(Cl)ccc2NC(=O)c2ccc(C(C)(C)C)cc2)cc1. The van der Waals surface area contributed by atoms with Crippen molar-refractivity contribution >= 4 is 68.0 Å². The number of amides is 2. The standard InChI is InChI=1S/C34H34Cl2N2O2S2/c1-33(2,3)23-11-7-21(8-12-23)31(39)37-27-17-15-25(35)19-29(27)41-42-30-20-26(36)16-18-28(30)38-32(40)22-9-13-24(14-10-22)34(4,5)6/h7-20H,1-6H3,(H,37,39)(H,38,40). The van der Waals surface area contributed by atoms with E-state index in [1.54, 1.807) is 36.4 Å². The van der Waals surface area contributed by atoms with Crippen LogP contribution in [0.2, 0.25) is 10.0 Å². The maximum Gasteiger partial charge on any atom is 0.255 e. The minimum Gasteiger partial charge on any atom is -0.321 e. The summed E-state index contributed by atoms with van der Waals surface area (Å²) in [5, 5.41) is 7.12. The van der Waals surface area contributed by atoms with Crippen LogP contribution in [0, 0.1) is 0 Å². The molecule has 0 aromatic heterocycles. The van der Waals surface area contributed by atoms with Gasteiger partial charge < -0.3 is 10.6 Å². The third-order valence-electron chi connectivity index (χ3n) is 6.63. The lowest BCUT2D eigenvalue weighted by molar-refractivity contribution is 0.101. The van der Waals surface area contributed by atoms with Crippen molar-refractivity contribution in [2.75, 3.05) is 10.6 Å². The number of rotatable bonds is 7. The van der Waals surface area contributed by atoms with Crippen molar-refractivity contribution in [1.29, 1.82) is 0 Å². The number of halogens is 2. The number of anilines is 2. The maximum atomic E-state index is 13.1. The summed E-state index contributed by atoms with van der Waals surface area (Å²) >= 11 is 12.7. The molecule has 0 heterocycles. The highest BCUT2D eigenvalue weighted by molar-refractivity contribution is 8.76. The number of benzene rings is 4. The molecule has 0 radical (unpaired) electrons. The third-order valence-corrected chi connectivity index (χ3v) is 9.55. The number of hydrogen-bond acceptors (Lipinski definition) is 4. The van der Waals surface area contributed by atoms with Crippen molar-refractivity contribution in [1.82, 2.24) is 0 Å². The summed E-state index contributed by atoms with van der Waals surface area (Å²) < 4.78 is 0. The third kappa shape index (κ3) is 8.35. The Hall–Kier alpha value is -2.90. The fourth-order valence-electron chi connectivity index (χ4n) is 4.06. The molecule has 4 nitrogen and oxygen atoms in total. The highest BCUT2D eigenvalue weighted by Crippen LogP contribution is 2.45. The summed E-state index contributed by atoms with van der Waals surface area (Å²) in [5.74, 6) is -0.421. The predicted octanol–water partition coefficient (Wildman–Crippen LogP) is 10.9. The molecule has 0 aliphatic rings.